The van der Waals surface area contributed by atoms with Crippen LogP contribution in [0.4, 0.5) is 0 Å². The highest BCUT2D eigenvalue weighted by Gasteiger charge is 2.18. The third kappa shape index (κ3) is 5.15. The van der Waals surface area contributed by atoms with Crippen molar-refractivity contribution in [3.8, 4) is 16.3 Å². The Labute approximate surface area is 206 Å². The minimum atomic E-state index is -0.250. The summed E-state index contributed by atoms with van der Waals surface area (Å²) in [6.07, 6.45) is 0. The minimum Gasteiger partial charge on any atom is -0.489 e. The predicted molar refractivity (Wildman–Crippen MR) is 139 cm³/mol. The molecule has 0 atom stereocenters. The second kappa shape index (κ2) is 9.95. The number of rotatable bonds is 7. The number of aromatic nitrogens is 2. The molecule has 0 radical (unpaired) electrons. The molecule has 174 valence electrons. The molecule has 0 aliphatic carbocycles. The van der Waals surface area contributed by atoms with Gasteiger partial charge in [0.05, 0.1) is 11.3 Å². The van der Waals surface area contributed by atoms with E-state index in [4.69, 9.17) is 4.74 Å². The Bertz CT molecular complexity index is 1540. The number of thiazole rings is 1. The van der Waals surface area contributed by atoms with Crippen LogP contribution in [0.2, 0.25) is 0 Å². The van der Waals surface area contributed by atoms with Gasteiger partial charge in [0.25, 0.3) is 11.5 Å². The lowest BCUT2D eigenvalue weighted by atomic mass is 10.1. The zero-order chi connectivity index (χ0) is 24.2. The smallest absolute Gasteiger partial charge is 0.263 e. The Kier molecular flexibility index (Phi) is 6.41. The number of H-pyrrole nitrogens is 1. The topological polar surface area (TPSA) is 84.1 Å². The van der Waals surface area contributed by atoms with Gasteiger partial charge in [-0.1, -0.05) is 60.7 Å². The fourth-order valence-electron chi connectivity index (χ4n) is 3.76. The first-order valence-corrected chi connectivity index (χ1v) is 12.0. The number of benzene rings is 3. The summed E-state index contributed by atoms with van der Waals surface area (Å²) in [5.41, 5.74) is 3.56. The molecule has 7 heteroatoms. The lowest BCUT2D eigenvalue weighted by Crippen LogP contribution is -2.22. The first kappa shape index (κ1) is 22.6. The fraction of sp³-hybridized carbons (Fsp3) is 0.107. The van der Waals surface area contributed by atoms with Crippen LogP contribution < -0.4 is 15.6 Å². The number of amides is 1. The van der Waals surface area contributed by atoms with Gasteiger partial charge in [0.2, 0.25) is 0 Å². The van der Waals surface area contributed by atoms with Gasteiger partial charge in [0, 0.05) is 17.4 Å². The van der Waals surface area contributed by atoms with Gasteiger partial charge in [-0.2, -0.15) is 0 Å². The molecule has 6 nitrogen and oxygen atoms in total. The molecular weight excluding hydrogens is 458 g/mol. The van der Waals surface area contributed by atoms with Gasteiger partial charge in [-0.15, -0.1) is 11.3 Å². The number of carbonyl (C=O) groups excluding carboxylic acids is 1. The fourth-order valence-corrected chi connectivity index (χ4v) is 4.75. The second-order valence-electron chi connectivity index (χ2n) is 8.14. The highest BCUT2D eigenvalue weighted by Crippen LogP contribution is 2.28. The van der Waals surface area contributed by atoms with Crippen LogP contribution in [0.3, 0.4) is 0 Å². The van der Waals surface area contributed by atoms with Crippen LogP contribution >= 0.6 is 11.3 Å². The summed E-state index contributed by atoms with van der Waals surface area (Å²) in [5.74, 6) is 0.500. The van der Waals surface area contributed by atoms with Crippen molar-refractivity contribution >= 4 is 28.1 Å². The molecule has 0 aliphatic rings. The Morgan fingerprint density at radius 3 is 2.43 bits per heavy atom. The Hall–Kier alpha value is -4.23. The zero-order valence-corrected chi connectivity index (χ0v) is 19.9. The van der Waals surface area contributed by atoms with E-state index in [0.29, 0.717) is 45.6 Å². The molecule has 3 aromatic carbocycles. The number of fused-ring (bicyclic) bond motifs is 1. The number of ether oxygens (including phenoxy) is 1. The van der Waals surface area contributed by atoms with Crippen molar-refractivity contribution in [3.05, 3.63) is 117 Å². The third-order valence-electron chi connectivity index (χ3n) is 5.59. The largest absolute Gasteiger partial charge is 0.489 e. The van der Waals surface area contributed by atoms with Crippen LogP contribution in [0, 0.1) is 6.92 Å². The van der Waals surface area contributed by atoms with E-state index in [1.807, 2.05) is 78.9 Å². The molecule has 0 spiro atoms. The predicted octanol–water partition coefficient (Wildman–Crippen LogP) is 5.47. The van der Waals surface area contributed by atoms with Gasteiger partial charge < -0.3 is 15.0 Å². The molecule has 0 fully saturated rings. The van der Waals surface area contributed by atoms with Crippen molar-refractivity contribution in [1.29, 1.82) is 0 Å². The summed E-state index contributed by atoms with van der Waals surface area (Å²) in [7, 11) is 0. The standard InChI is InChI=1S/C28H23N3O3S/c1-18-25(27(33)29-16-19-8-4-2-5-9-19)35-28(30-18)23-15-21-14-22(12-13-24(21)31-26(23)32)34-17-20-10-6-3-7-11-20/h2-15H,16-17H2,1H3,(H,29,33)(H,31,32). The minimum absolute atomic E-state index is 0.205. The molecular formula is C28H23N3O3S. The van der Waals surface area contributed by atoms with Crippen LogP contribution in [0.15, 0.2) is 89.7 Å². The molecule has 35 heavy (non-hydrogen) atoms. The molecule has 5 aromatic rings. The first-order valence-electron chi connectivity index (χ1n) is 11.2. The molecule has 0 aliphatic heterocycles. The van der Waals surface area contributed by atoms with Crippen molar-refractivity contribution in [1.82, 2.24) is 15.3 Å². The summed E-state index contributed by atoms with van der Waals surface area (Å²) in [6.45, 7) is 2.66. The number of aromatic amines is 1. The first-order chi connectivity index (χ1) is 17.1. The Morgan fingerprint density at radius 2 is 1.69 bits per heavy atom. The molecule has 1 amide bonds. The van der Waals surface area contributed by atoms with Gasteiger partial charge in [-0.3, -0.25) is 9.59 Å². The summed E-state index contributed by atoms with van der Waals surface area (Å²) in [4.78, 5) is 33.5. The zero-order valence-electron chi connectivity index (χ0n) is 19.1. The number of hydrogen-bond acceptors (Lipinski definition) is 5. The number of carbonyl (C=O) groups is 1. The number of hydrogen-bond donors (Lipinski definition) is 2. The maximum Gasteiger partial charge on any atom is 0.263 e. The monoisotopic (exact) mass is 481 g/mol. The highest BCUT2D eigenvalue weighted by molar-refractivity contribution is 7.17. The quantitative estimate of drug-likeness (QED) is 0.323. The lowest BCUT2D eigenvalue weighted by Gasteiger charge is -2.08. The van der Waals surface area contributed by atoms with Crippen molar-refractivity contribution in [2.45, 2.75) is 20.1 Å². The van der Waals surface area contributed by atoms with E-state index in [1.54, 1.807) is 13.0 Å². The summed E-state index contributed by atoms with van der Waals surface area (Å²) in [6, 6.07) is 27.0. The second-order valence-corrected chi connectivity index (χ2v) is 9.14. The van der Waals surface area contributed by atoms with Gasteiger partial charge in [0.1, 0.15) is 22.2 Å². The molecule has 2 N–H and O–H groups in total. The molecule has 0 saturated heterocycles. The van der Waals surface area contributed by atoms with E-state index in [2.05, 4.69) is 15.3 Å². The average Bonchev–Trinajstić information content (AvgIpc) is 3.28. The van der Waals surface area contributed by atoms with Crippen LogP contribution in [0.5, 0.6) is 5.75 Å². The maximum absolute atomic E-state index is 12.8. The Balaban J connectivity index is 1.38. The average molecular weight is 482 g/mol. The van der Waals surface area contributed by atoms with E-state index < -0.39 is 0 Å². The summed E-state index contributed by atoms with van der Waals surface area (Å²) >= 11 is 1.22. The van der Waals surface area contributed by atoms with Crippen molar-refractivity contribution < 1.29 is 9.53 Å². The van der Waals surface area contributed by atoms with Gasteiger partial charge in [-0.05, 0) is 42.3 Å². The molecule has 2 aromatic heterocycles. The van der Waals surface area contributed by atoms with E-state index in [0.717, 1.165) is 16.5 Å². The Morgan fingerprint density at radius 1 is 0.971 bits per heavy atom. The van der Waals surface area contributed by atoms with Gasteiger partial charge in [0.15, 0.2) is 0 Å². The number of pyridine rings is 1. The lowest BCUT2D eigenvalue weighted by molar-refractivity contribution is 0.0954. The number of aryl methyl sites for hydroxylation is 1. The van der Waals surface area contributed by atoms with E-state index in [1.165, 1.54) is 11.3 Å². The van der Waals surface area contributed by atoms with Crippen LogP contribution in [0.1, 0.15) is 26.5 Å². The van der Waals surface area contributed by atoms with Gasteiger partial charge in [-0.25, -0.2) is 4.98 Å². The van der Waals surface area contributed by atoms with Crippen molar-refractivity contribution in [2.24, 2.45) is 0 Å². The van der Waals surface area contributed by atoms with Gasteiger partial charge >= 0.3 is 0 Å². The SMILES string of the molecule is Cc1nc(-c2cc3cc(OCc4ccccc4)ccc3[nH]c2=O)sc1C(=O)NCc1ccccc1. The molecule has 0 unspecified atom stereocenters. The van der Waals surface area contributed by atoms with Crippen molar-refractivity contribution in [2.75, 3.05) is 0 Å². The van der Waals surface area contributed by atoms with E-state index in [-0.39, 0.29) is 11.5 Å². The number of nitrogens with zero attached hydrogens (tertiary/aromatic N) is 1. The molecule has 2 heterocycles. The maximum atomic E-state index is 12.8. The molecule has 5 rings (SSSR count). The van der Waals surface area contributed by atoms with E-state index in [9.17, 15) is 9.59 Å². The highest BCUT2D eigenvalue weighted by atomic mass is 32.1. The van der Waals surface area contributed by atoms with Crippen molar-refractivity contribution in [3.63, 3.8) is 0 Å². The summed E-state index contributed by atoms with van der Waals surface area (Å²) in [5, 5.41) is 4.26. The van der Waals surface area contributed by atoms with Crippen LogP contribution in [0.25, 0.3) is 21.5 Å². The molecule has 0 saturated carbocycles. The van der Waals surface area contributed by atoms with Crippen LogP contribution in [-0.4, -0.2) is 15.9 Å². The normalized spacial score (nSPS) is 10.9. The van der Waals surface area contributed by atoms with Crippen LogP contribution in [-0.2, 0) is 13.2 Å². The third-order valence-corrected chi connectivity index (χ3v) is 6.78. The summed E-state index contributed by atoms with van der Waals surface area (Å²) < 4.78 is 5.94. The number of nitrogens with one attached hydrogen (secondary N) is 2. The molecule has 0 bridgehead atoms. The van der Waals surface area contributed by atoms with E-state index >= 15 is 0 Å².